The number of nitrogens with one attached hydrogen (secondary N) is 2. The number of amides is 2. The molecule has 2 amide bonds. The average molecular weight is 294 g/mol. The van der Waals surface area contributed by atoms with E-state index in [0.717, 1.165) is 23.3 Å². The van der Waals surface area contributed by atoms with E-state index in [1.807, 2.05) is 32.9 Å². The van der Waals surface area contributed by atoms with Gasteiger partial charge in [-0.2, -0.15) is 0 Å². The summed E-state index contributed by atoms with van der Waals surface area (Å²) in [6, 6.07) is 5.82. The van der Waals surface area contributed by atoms with E-state index in [1.165, 1.54) is 0 Å². The molecule has 1 atom stereocenters. The molecule has 1 unspecified atom stereocenters. The number of carbonyl (C=O) groups is 1. The summed E-state index contributed by atoms with van der Waals surface area (Å²) in [5, 5.41) is 14.4. The zero-order chi connectivity index (χ0) is 15.7. The summed E-state index contributed by atoms with van der Waals surface area (Å²) in [5.74, 6) is 0.821. The highest BCUT2D eigenvalue weighted by molar-refractivity contribution is 5.74. The minimum atomic E-state index is -0.223. The normalized spacial score (nSPS) is 11.8. The Balaban J connectivity index is 2.25. The Kier molecular flexibility index (Phi) is 7.61. The number of carbonyl (C=O) groups excluding carboxylic acids is 1. The molecular formula is C16H26N2O3. The van der Waals surface area contributed by atoms with Gasteiger partial charge in [-0.15, -0.1) is 0 Å². The largest absolute Gasteiger partial charge is 0.492 e. The summed E-state index contributed by atoms with van der Waals surface area (Å²) in [6.07, 6.45) is 1.37. The van der Waals surface area contributed by atoms with Crippen LogP contribution in [0.2, 0.25) is 0 Å². The molecule has 0 bridgehead atoms. The van der Waals surface area contributed by atoms with Crippen LogP contribution >= 0.6 is 0 Å². The molecule has 3 N–H and O–H groups in total. The molecule has 0 saturated heterocycles. The van der Waals surface area contributed by atoms with Gasteiger partial charge in [-0.25, -0.2) is 4.79 Å². The molecule has 0 heterocycles. The van der Waals surface area contributed by atoms with Gasteiger partial charge in [-0.05, 0) is 49.9 Å². The number of rotatable bonds is 8. The molecular weight excluding hydrogens is 268 g/mol. The number of aliphatic hydroxyl groups excluding tert-OH is 1. The van der Waals surface area contributed by atoms with Crippen molar-refractivity contribution in [2.45, 2.75) is 39.7 Å². The minimum Gasteiger partial charge on any atom is -0.492 e. The maximum Gasteiger partial charge on any atom is 0.315 e. The second-order valence-electron chi connectivity index (χ2n) is 5.19. The first-order valence-electron chi connectivity index (χ1n) is 7.41. The van der Waals surface area contributed by atoms with E-state index < -0.39 is 0 Å². The first-order chi connectivity index (χ1) is 10.0. The SMILES string of the molecule is CCC(CCO)NC(=O)NCCOc1cc(C)cc(C)c1. The minimum absolute atomic E-state index is 0.00957. The molecule has 0 aliphatic rings. The second kappa shape index (κ2) is 9.23. The maximum absolute atomic E-state index is 11.6. The molecule has 0 aliphatic heterocycles. The van der Waals surface area contributed by atoms with Crippen molar-refractivity contribution in [3.63, 3.8) is 0 Å². The van der Waals surface area contributed by atoms with Crippen molar-refractivity contribution in [1.82, 2.24) is 10.6 Å². The standard InChI is InChI=1S/C16H26N2O3/c1-4-14(5-7-19)18-16(20)17-6-8-21-15-10-12(2)9-13(3)11-15/h9-11,14,19H,4-8H2,1-3H3,(H2,17,18,20). The maximum atomic E-state index is 11.6. The smallest absolute Gasteiger partial charge is 0.315 e. The van der Waals surface area contributed by atoms with Gasteiger partial charge in [0.05, 0.1) is 6.54 Å². The first-order valence-corrected chi connectivity index (χ1v) is 7.41. The van der Waals surface area contributed by atoms with Crippen LogP contribution < -0.4 is 15.4 Å². The van der Waals surface area contributed by atoms with Crippen LogP contribution in [0.3, 0.4) is 0 Å². The molecule has 118 valence electrons. The summed E-state index contributed by atoms with van der Waals surface area (Å²) in [5.41, 5.74) is 2.32. The van der Waals surface area contributed by atoms with Gasteiger partial charge in [-0.1, -0.05) is 13.0 Å². The van der Waals surface area contributed by atoms with Gasteiger partial charge in [-0.3, -0.25) is 0 Å². The molecule has 0 radical (unpaired) electrons. The van der Waals surface area contributed by atoms with Crippen molar-refractivity contribution in [2.75, 3.05) is 19.8 Å². The summed E-state index contributed by atoms with van der Waals surface area (Å²) in [4.78, 5) is 11.6. The summed E-state index contributed by atoms with van der Waals surface area (Å²) in [7, 11) is 0. The fourth-order valence-corrected chi connectivity index (χ4v) is 2.12. The van der Waals surface area contributed by atoms with Crippen molar-refractivity contribution in [1.29, 1.82) is 0 Å². The van der Waals surface area contributed by atoms with Crippen LogP contribution in [0.4, 0.5) is 4.79 Å². The zero-order valence-corrected chi connectivity index (χ0v) is 13.1. The van der Waals surface area contributed by atoms with E-state index >= 15 is 0 Å². The molecule has 1 rings (SSSR count). The summed E-state index contributed by atoms with van der Waals surface area (Å²) in [6.45, 7) is 6.97. The van der Waals surface area contributed by atoms with E-state index in [-0.39, 0.29) is 18.7 Å². The highest BCUT2D eigenvalue weighted by Gasteiger charge is 2.08. The van der Waals surface area contributed by atoms with Gasteiger partial charge in [0.15, 0.2) is 0 Å². The predicted octanol–water partition coefficient (Wildman–Crippen LogP) is 2.14. The molecule has 0 spiro atoms. The van der Waals surface area contributed by atoms with E-state index in [4.69, 9.17) is 9.84 Å². The van der Waals surface area contributed by atoms with Crippen LogP contribution in [0.15, 0.2) is 18.2 Å². The Bertz CT molecular complexity index is 429. The number of aryl methyl sites for hydroxylation is 2. The Morgan fingerprint density at radius 3 is 2.52 bits per heavy atom. The predicted molar refractivity (Wildman–Crippen MR) is 83.7 cm³/mol. The molecule has 5 heteroatoms. The van der Waals surface area contributed by atoms with Crippen LogP contribution in [0.25, 0.3) is 0 Å². The summed E-state index contributed by atoms with van der Waals surface area (Å²) >= 11 is 0. The lowest BCUT2D eigenvalue weighted by Gasteiger charge is -2.16. The van der Waals surface area contributed by atoms with Gasteiger partial charge in [0.2, 0.25) is 0 Å². The lowest BCUT2D eigenvalue weighted by atomic mass is 10.1. The molecule has 21 heavy (non-hydrogen) atoms. The number of aliphatic hydroxyl groups is 1. The average Bonchev–Trinajstić information content (AvgIpc) is 2.42. The quantitative estimate of drug-likeness (QED) is 0.643. The van der Waals surface area contributed by atoms with Crippen LogP contribution in [0.5, 0.6) is 5.75 Å². The van der Waals surface area contributed by atoms with Crippen molar-refractivity contribution >= 4 is 6.03 Å². The first kappa shape index (κ1) is 17.3. The molecule has 0 aromatic heterocycles. The third-order valence-corrected chi connectivity index (χ3v) is 3.16. The lowest BCUT2D eigenvalue weighted by molar-refractivity contribution is 0.224. The third-order valence-electron chi connectivity index (χ3n) is 3.16. The van der Waals surface area contributed by atoms with E-state index in [1.54, 1.807) is 0 Å². The van der Waals surface area contributed by atoms with Gasteiger partial charge in [0.1, 0.15) is 12.4 Å². The molecule has 0 fully saturated rings. The van der Waals surface area contributed by atoms with Crippen molar-refractivity contribution in [3.8, 4) is 5.75 Å². The lowest BCUT2D eigenvalue weighted by Crippen LogP contribution is -2.43. The summed E-state index contributed by atoms with van der Waals surface area (Å²) < 4.78 is 5.61. The van der Waals surface area contributed by atoms with Crippen molar-refractivity contribution < 1.29 is 14.6 Å². The fraction of sp³-hybridized carbons (Fsp3) is 0.562. The highest BCUT2D eigenvalue weighted by Crippen LogP contribution is 2.15. The Morgan fingerprint density at radius 1 is 1.29 bits per heavy atom. The van der Waals surface area contributed by atoms with Gasteiger partial charge in [0.25, 0.3) is 0 Å². The van der Waals surface area contributed by atoms with Crippen LogP contribution in [0, 0.1) is 13.8 Å². The number of hydrogen-bond donors (Lipinski definition) is 3. The third kappa shape index (κ3) is 6.99. The van der Waals surface area contributed by atoms with E-state index in [9.17, 15) is 4.79 Å². The topological polar surface area (TPSA) is 70.6 Å². The molecule has 0 saturated carbocycles. The molecule has 0 aliphatic carbocycles. The van der Waals surface area contributed by atoms with Crippen LogP contribution in [-0.2, 0) is 0 Å². The zero-order valence-electron chi connectivity index (χ0n) is 13.1. The molecule has 1 aromatic rings. The fourth-order valence-electron chi connectivity index (χ4n) is 2.12. The molecule has 5 nitrogen and oxygen atoms in total. The Morgan fingerprint density at radius 2 is 1.95 bits per heavy atom. The van der Waals surface area contributed by atoms with E-state index in [0.29, 0.717) is 19.6 Å². The Hall–Kier alpha value is -1.75. The number of urea groups is 1. The van der Waals surface area contributed by atoms with Gasteiger partial charge >= 0.3 is 6.03 Å². The Labute approximate surface area is 126 Å². The number of benzene rings is 1. The van der Waals surface area contributed by atoms with Gasteiger partial charge in [0, 0.05) is 12.6 Å². The second-order valence-corrected chi connectivity index (χ2v) is 5.19. The highest BCUT2D eigenvalue weighted by atomic mass is 16.5. The van der Waals surface area contributed by atoms with Crippen LogP contribution in [0.1, 0.15) is 30.9 Å². The monoisotopic (exact) mass is 294 g/mol. The molecule has 1 aromatic carbocycles. The van der Waals surface area contributed by atoms with E-state index in [2.05, 4.69) is 16.7 Å². The van der Waals surface area contributed by atoms with Gasteiger partial charge < -0.3 is 20.5 Å². The van der Waals surface area contributed by atoms with Crippen LogP contribution in [-0.4, -0.2) is 36.9 Å². The van der Waals surface area contributed by atoms with Crippen molar-refractivity contribution in [2.24, 2.45) is 0 Å². The number of ether oxygens (including phenoxy) is 1. The van der Waals surface area contributed by atoms with Crippen molar-refractivity contribution in [3.05, 3.63) is 29.3 Å². The number of hydrogen-bond acceptors (Lipinski definition) is 3.